The van der Waals surface area contributed by atoms with Gasteiger partial charge in [0.2, 0.25) is 0 Å². The van der Waals surface area contributed by atoms with Crippen molar-refractivity contribution < 1.29 is 17.9 Å². The van der Waals surface area contributed by atoms with Gasteiger partial charge in [0.25, 0.3) is 0 Å². The molecule has 0 amide bonds. The van der Waals surface area contributed by atoms with Gasteiger partial charge in [0, 0.05) is 23.8 Å². The summed E-state index contributed by atoms with van der Waals surface area (Å²) >= 11 is 0. The van der Waals surface area contributed by atoms with E-state index in [4.69, 9.17) is 4.74 Å². The summed E-state index contributed by atoms with van der Waals surface area (Å²) in [5.41, 5.74) is 2.62. The van der Waals surface area contributed by atoms with Crippen LogP contribution in [0.1, 0.15) is 5.56 Å². The van der Waals surface area contributed by atoms with Crippen LogP contribution in [0.3, 0.4) is 0 Å². The van der Waals surface area contributed by atoms with Crippen LogP contribution in [0.25, 0.3) is 10.9 Å². The summed E-state index contributed by atoms with van der Waals surface area (Å²) < 4.78 is 43.4. The number of fused-ring (bicyclic) bond motifs is 1. The van der Waals surface area contributed by atoms with Gasteiger partial charge in [0.1, 0.15) is 0 Å². The molecule has 112 valence electrons. The van der Waals surface area contributed by atoms with Crippen LogP contribution in [-0.2, 0) is 4.74 Å². The maximum absolute atomic E-state index is 12.8. The summed E-state index contributed by atoms with van der Waals surface area (Å²) in [5, 5.41) is 0.875. The molecule has 0 aliphatic carbocycles. The number of aromatic nitrogens is 1. The van der Waals surface area contributed by atoms with Crippen molar-refractivity contribution in [1.29, 1.82) is 0 Å². The lowest BCUT2D eigenvalue weighted by Crippen LogP contribution is -2.49. The number of anilines is 1. The van der Waals surface area contributed by atoms with E-state index in [0.29, 0.717) is 6.54 Å². The number of halogens is 3. The first-order chi connectivity index (χ1) is 9.95. The second-order valence-electron chi connectivity index (χ2n) is 5.20. The van der Waals surface area contributed by atoms with E-state index >= 15 is 0 Å². The summed E-state index contributed by atoms with van der Waals surface area (Å²) in [5.74, 6) is 0. The van der Waals surface area contributed by atoms with Gasteiger partial charge < -0.3 is 9.64 Å². The molecule has 3 nitrogen and oxygen atoms in total. The molecule has 6 heteroatoms. The molecule has 1 aliphatic rings. The van der Waals surface area contributed by atoms with Gasteiger partial charge in [0.15, 0.2) is 6.10 Å². The van der Waals surface area contributed by atoms with Crippen molar-refractivity contribution >= 4 is 16.6 Å². The van der Waals surface area contributed by atoms with Gasteiger partial charge in [-0.1, -0.05) is 11.6 Å². The van der Waals surface area contributed by atoms with Crippen LogP contribution >= 0.6 is 0 Å². The molecule has 2 heterocycles. The van der Waals surface area contributed by atoms with Crippen molar-refractivity contribution in [3.8, 4) is 0 Å². The summed E-state index contributed by atoms with van der Waals surface area (Å²) in [6.45, 7) is 2.28. The zero-order valence-electron chi connectivity index (χ0n) is 11.5. The molecule has 1 saturated heterocycles. The number of morpholine rings is 1. The number of ether oxygens (including phenoxy) is 1. The molecule has 0 unspecified atom stereocenters. The third-order valence-electron chi connectivity index (χ3n) is 3.65. The molecule has 0 radical (unpaired) electrons. The third-order valence-corrected chi connectivity index (χ3v) is 3.65. The number of pyridine rings is 1. The highest BCUT2D eigenvalue weighted by Gasteiger charge is 2.43. The zero-order chi connectivity index (χ0) is 15.0. The standard InChI is InChI=1S/C15H15F3N2O/c1-10-2-3-12-11(8-10)13(4-5-19-12)20-6-7-21-14(9-20)15(16,17)18/h2-5,8,14H,6-7,9H2,1H3/t14-/m1/s1. The van der Waals surface area contributed by atoms with E-state index in [1.54, 1.807) is 17.2 Å². The van der Waals surface area contributed by atoms with Crippen molar-refractivity contribution in [2.45, 2.75) is 19.2 Å². The lowest BCUT2D eigenvalue weighted by Gasteiger charge is -2.35. The molecule has 0 bridgehead atoms. The van der Waals surface area contributed by atoms with E-state index in [1.165, 1.54) is 0 Å². The zero-order valence-corrected chi connectivity index (χ0v) is 11.5. The van der Waals surface area contributed by atoms with Crippen molar-refractivity contribution in [2.24, 2.45) is 0 Å². The fourth-order valence-electron chi connectivity index (χ4n) is 2.59. The monoisotopic (exact) mass is 296 g/mol. The minimum atomic E-state index is -4.34. The second-order valence-corrected chi connectivity index (χ2v) is 5.20. The highest BCUT2D eigenvalue weighted by atomic mass is 19.4. The van der Waals surface area contributed by atoms with Crippen LogP contribution in [-0.4, -0.2) is 37.0 Å². The molecule has 1 aromatic carbocycles. The van der Waals surface area contributed by atoms with Crippen molar-refractivity contribution in [3.05, 3.63) is 36.0 Å². The quantitative estimate of drug-likeness (QED) is 0.807. The Kier molecular flexibility index (Phi) is 3.49. The molecule has 3 rings (SSSR count). The second kappa shape index (κ2) is 5.18. The van der Waals surface area contributed by atoms with E-state index in [-0.39, 0.29) is 13.2 Å². The van der Waals surface area contributed by atoms with E-state index in [9.17, 15) is 13.2 Å². The first-order valence-corrected chi connectivity index (χ1v) is 6.74. The Morgan fingerprint density at radius 2 is 2.10 bits per heavy atom. The Morgan fingerprint density at radius 3 is 2.86 bits per heavy atom. The van der Waals surface area contributed by atoms with Gasteiger partial charge in [-0.25, -0.2) is 0 Å². The van der Waals surface area contributed by atoms with Crippen molar-refractivity contribution in [1.82, 2.24) is 4.98 Å². The molecule has 0 saturated carbocycles. The number of benzene rings is 1. The van der Waals surface area contributed by atoms with Gasteiger partial charge in [-0.2, -0.15) is 13.2 Å². The van der Waals surface area contributed by atoms with Crippen LogP contribution in [0.5, 0.6) is 0 Å². The minimum Gasteiger partial charge on any atom is -0.366 e. The number of aryl methyl sites for hydroxylation is 1. The van der Waals surface area contributed by atoms with Crippen molar-refractivity contribution in [2.75, 3.05) is 24.6 Å². The van der Waals surface area contributed by atoms with E-state index in [0.717, 1.165) is 22.2 Å². The SMILES string of the molecule is Cc1ccc2nccc(N3CCO[C@@H](C(F)(F)F)C3)c2c1. The Balaban J connectivity index is 1.98. The molecule has 1 aliphatic heterocycles. The fourth-order valence-corrected chi connectivity index (χ4v) is 2.59. The van der Waals surface area contributed by atoms with E-state index < -0.39 is 12.3 Å². The minimum absolute atomic E-state index is 0.0693. The summed E-state index contributed by atoms with van der Waals surface area (Å²) in [4.78, 5) is 5.99. The van der Waals surface area contributed by atoms with E-state index in [1.807, 2.05) is 25.1 Å². The van der Waals surface area contributed by atoms with Crippen LogP contribution in [0, 0.1) is 6.92 Å². The molecule has 21 heavy (non-hydrogen) atoms. The Bertz CT molecular complexity index is 657. The highest BCUT2D eigenvalue weighted by Crippen LogP contribution is 2.31. The molecular formula is C15H15F3N2O. The van der Waals surface area contributed by atoms with Crippen LogP contribution in [0.15, 0.2) is 30.5 Å². The van der Waals surface area contributed by atoms with Gasteiger partial charge in [-0.3, -0.25) is 4.98 Å². The third kappa shape index (κ3) is 2.81. The van der Waals surface area contributed by atoms with Gasteiger partial charge in [0.05, 0.1) is 18.7 Å². The summed E-state index contributed by atoms with van der Waals surface area (Å²) in [7, 11) is 0. The lowest BCUT2D eigenvalue weighted by atomic mass is 10.1. The molecule has 2 aromatic rings. The normalized spacial score (nSPS) is 20.0. The maximum Gasteiger partial charge on any atom is 0.416 e. The lowest BCUT2D eigenvalue weighted by molar-refractivity contribution is -0.221. The molecule has 1 fully saturated rings. The number of nitrogens with zero attached hydrogens (tertiary/aromatic N) is 2. The highest BCUT2D eigenvalue weighted by molar-refractivity contribution is 5.92. The predicted octanol–water partition coefficient (Wildman–Crippen LogP) is 3.31. The molecular weight excluding hydrogens is 281 g/mol. The fraction of sp³-hybridized carbons (Fsp3) is 0.400. The topological polar surface area (TPSA) is 25.4 Å². The average molecular weight is 296 g/mol. The van der Waals surface area contributed by atoms with Crippen LogP contribution < -0.4 is 4.90 Å². The average Bonchev–Trinajstić information content (AvgIpc) is 2.46. The van der Waals surface area contributed by atoms with Gasteiger partial charge in [-0.15, -0.1) is 0 Å². The number of rotatable bonds is 1. The number of hydrogen-bond donors (Lipinski definition) is 0. The van der Waals surface area contributed by atoms with Gasteiger partial charge in [-0.05, 0) is 25.1 Å². The van der Waals surface area contributed by atoms with Crippen molar-refractivity contribution in [3.63, 3.8) is 0 Å². The number of hydrogen-bond acceptors (Lipinski definition) is 3. The largest absolute Gasteiger partial charge is 0.416 e. The first-order valence-electron chi connectivity index (χ1n) is 6.74. The van der Waals surface area contributed by atoms with Gasteiger partial charge >= 0.3 is 6.18 Å². The molecule has 0 spiro atoms. The van der Waals surface area contributed by atoms with E-state index in [2.05, 4.69) is 4.98 Å². The number of alkyl halides is 3. The Labute approximate surface area is 120 Å². The molecule has 1 atom stereocenters. The predicted molar refractivity (Wildman–Crippen MR) is 74.5 cm³/mol. The molecule has 1 aromatic heterocycles. The maximum atomic E-state index is 12.8. The van der Waals surface area contributed by atoms with Crippen LogP contribution in [0.2, 0.25) is 0 Å². The Morgan fingerprint density at radius 1 is 1.29 bits per heavy atom. The first kappa shape index (κ1) is 14.1. The van der Waals surface area contributed by atoms with Crippen LogP contribution in [0.4, 0.5) is 18.9 Å². The Hall–Kier alpha value is -1.82. The molecule has 0 N–H and O–H groups in total. The smallest absolute Gasteiger partial charge is 0.366 e. The summed E-state index contributed by atoms with van der Waals surface area (Å²) in [6.07, 6.45) is -4.44. The summed E-state index contributed by atoms with van der Waals surface area (Å²) in [6, 6.07) is 7.54.